The Morgan fingerprint density at radius 1 is 1.38 bits per heavy atom. The zero-order chi connectivity index (χ0) is 6.24. The first-order chi connectivity index (χ1) is 3.91. The minimum absolute atomic E-state index is 1.14. The first-order valence-corrected chi connectivity index (χ1v) is 3.27. The lowest BCUT2D eigenvalue weighted by molar-refractivity contribution is 0.959. The molecule has 1 heteroatoms. The third kappa shape index (κ3) is 5.77. The van der Waals surface area contributed by atoms with E-state index in [1.807, 2.05) is 12.2 Å². The molecule has 46 valence electrons. The molecule has 0 aromatic rings. The lowest BCUT2D eigenvalue weighted by Gasteiger charge is -1.77. The van der Waals surface area contributed by atoms with Crippen molar-refractivity contribution in [2.45, 2.75) is 19.8 Å². The van der Waals surface area contributed by atoms with Crippen LogP contribution in [0.1, 0.15) is 19.8 Å². The molecule has 0 atom stereocenters. The second-order valence-corrected chi connectivity index (χ2v) is 1.79. The number of rotatable bonds is 3. The van der Waals surface area contributed by atoms with E-state index in [4.69, 9.17) is 11.6 Å². The summed E-state index contributed by atoms with van der Waals surface area (Å²) in [5.74, 6) is 0. The Labute approximate surface area is 55.9 Å². The van der Waals surface area contributed by atoms with E-state index in [0.29, 0.717) is 0 Å². The molecule has 0 heterocycles. The highest BCUT2D eigenvalue weighted by molar-refractivity contribution is 6.25. The smallest absolute Gasteiger partial charge is 0.00423 e. The van der Waals surface area contributed by atoms with Gasteiger partial charge in [0.25, 0.3) is 0 Å². The topological polar surface area (TPSA) is 0 Å². The van der Waals surface area contributed by atoms with Crippen LogP contribution in [-0.4, -0.2) is 0 Å². The maximum Gasteiger partial charge on any atom is 0.00423 e. The van der Waals surface area contributed by atoms with Crippen molar-refractivity contribution in [2.24, 2.45) is 0 Å². The van der Waals surface area contributed by atoms with Gasteiger partial charge in [-0.25, -0.2) is 0 Å². The van der Waals surface area contributed by atoms with E-state index in [0.717, 1.165) is 6.42 Å². The van der Waals surface area contributed by atoms with Crippen molar-refractivity contribution in [3.63, 3.8) is 0 Å². The second kappa shape index (κ2) is 6.77. The van der Waals surface area contributed by atoms with Crippen LogP contribution in [-0.2, 0) is 0 Å². The molecule has 0 bridgehead atoms. The molecule has 0 saturated carbocycles. The summed E-state index contributed by atoms with van der Waals surface area (Å²) >= 11 is 5.25. The standard InChI is InChI=1S/C7H11Cl/c1-2-3-4-5-6-7-8/h4-7H,2-3H2,1H3/b5-4+,7-6-. The maximum absolute atomic E-state index is 5.25. The van der Waals surface area contributed by atoms with Gasteiger partial charge in [0.2, 0.25) is 0 Å². The lowest BCUT2D eigenvalue weighted by atomic mass is 10.3. The molecule has 0 fully saturated rings. The summed E-state index contributed by atoms with van der Waals surface area (Å²) in [6, 6.07) is 0. The molecule has 0 aliphatic heterocycles. The monoisotopic (exact) mass is 130 g/mol. The van der Waals surface area contributed by atoms with Crippen LogP contribution in [0.3, 0.4) is 0 Å². The second-order valence-electron chi connectivity index (χ2n) is 1.54. The molecule has 0 aliphatic carbocycles. The van der Waals surface area contributed by atoms with Crippen molar-refractivity contribution in [3.05, 3.63) is 23.8 Å². The molecular formula is C7H11Cl. The van der Waals surface area contributed by atoms with Gasteiger partial charge in [0.1, 0.15) is 0 Å². The fourth-order valence-corrected chi connectivity index (χ4v) is 0.467. The quantitative estimate of drug-likeness (QED) is 0.515. The zero-order valence-corrected chi connectivity index (χ0v) is 5.86. The average Bonchev–Trinajstić information content (AvgIpc) is 1.81. The summed E-state index contributed by atoms with van der Waals surface area (Å²) in [4.78, 5) is 0. The van der Waals surface area contributed by atoms with Gasteiger partial charge in [-0.1, -0.05) is 43.2 Å². The van der Waals surface area contributed by atoms with Crippen LogP contribution >= 0.6 is 11.6 Å². The minimum atomic E-state index is 1.14. The Bertz CT molecular complexity index is 82.4. The number of hydrogen-bond donors (Lipinski definition) is 0. The summed E-state index contributed by atoms with van der Waals surface area (Å²) in [7, 11) is 0. The van der Waals surface area contributed by atoms with Crippen LogP contribution in [0.5, 0.6) is 0 Å². The van der Waals surface area contributed by atoms with Crippen molar-refractivity contribution in [2.75, 3.05) is 0 Å². The van der Waals surface area contributed by atoms with Gasteiger partial charge in [0, 0.05) is 5.54 Å². The van der Waals surface area contributed by atoms with Gasteiger partial charge in [0.15, 0.2) is 0 Å². The van der Waals surface area contributed by atoms with Gasteiger partial charge < -0.3 is 0 Å². The van der Waals surface area contributed by atoms with Crippen molar-refractivity contribution >= 4 is 11.6 Å². The van der Waals surface area contributed by atoms with Crippen LogP contribution in [0.4, 0.5) is 0 Å². The molecule has 0 spiro atoms. The summed E-state index contributed by atoms with van der Waals surface area (Å²) in [6.07, 6.45) is 8.21. The highest BCUT2D eigenvalue weighted by Gasteiger charge is 1.67. The summed E-state index contributed by atoms with van der Waals surface area (Å²) < 4.78 is 0. The fraction of sp³-hybridized carbons (Fsp3) is 0.429. The molecule has 0 radical (unpaired) electrons. The van der Waals surface area contributed by atoms with Crippen molar-refractivity contribution < 1.29 is 0 Å². The van der Waals surface area contributed by atoms with Crippen LogP contribution in [0.25, 0.3) is 0 Å². The van der Waals surface area contributed by atoms with E-state index >= 15 is 0 Å². The molecular weight excluding hydrogens is 120 g/mol. The lowest BCUT2D eigenvalue weighted by Crippen LogP contribution is -1.57. The van der Waals surface area contributed by atoms with Crippen LogP contribution < -0.4 is 0 Å². The molecule has 0 rings (SSSR count). The predicted molar refractivity (Wildman–Crippen MR) is 39.0 cm³/mol. The Kier molecular flexibility index (Phi) is 6.58. The molecule has 8 heavy (non-hydrogen) atoms. The number of unbranched alkanes of at least 4 members (excludes halogenated alkanes) is 1. The van der Waals surface area contributed by atoms with Crippen LogP contribution in [0.15, 0.2) is 23.8 Å². The predicted octanol–water partition coefficient (Wildman–Crippen LogP) is 3.10. The van der Waals surface area contributed by atoms with Gasteiger partial charge in [-0.3, -0.25) is 0 Å². The highest BCUT2D eigenvalue weighted by Crippen LogP contribution is 1.88. The Morgan fingerprint density at radius 2 is 2.12 bits per heavy atom. The molecule has 0 saturated heterocycles. The highest BCUT2D eigenvalue weighted by atomic mass is 35.5. The molecule has 0 aliphatic rings. The molecule has 0 aromatic carbocycles. The van der Waals surface area contributed by atoms with E-state index in [1.54, 1.807) is 0 Å². The van der Waals surface area contributed by atoms with E-state index < -0.39 is 0 Å². The number of halogens is 1. The normalized spacial score (nSPS) is 11.8. The van der Waals surface area contributed by atoms with Crippen molar-refractivity contribution in [3.8, 4) is 0 Å². The largest absolute Gasteiger partial charge is 0.0930 e. The van der Waals surface area contributed by atoms with E-state index in [1.165, 1.54) is 12.0 Å². The van der Waals surface area contributed by atoms with Gasteiger partial charge >= 0.3 is 0 Å². The average molecular weight is 131 g/mol. The van der Waals surface area contributed by atoms with Gasteiger partial charge in [0.05, 0.1) is 0 Å². The minimum Gasteiger partial charge on any atom is -0.0930 e. The summed E-state index contributed by atoms with van der Waals surface area (Å²) in [5.41, 5.74) is 1.51. The summed E-state index contributed by atoms with van der Waals surface area (Å²) in [5, 5.41) is 0. The van der Waals surface area contributed by atoms with E-state index in [-0.39, 0.29) is 0 Å². The van der Waals surface area contributed by atoms with Gasteiger partial charge in [-0.05, 0) is 6.42 Å². The third-order valence-electron chi connectivity index (χ3n) is 0.775. The molecule has 0 N–H and O–H groups in total. The number of allylic oxidation sites excluding steroid dienone is 3. The molecule has 0 unspecified atom stereocenters. The Balaban J connectivity index is 3.07. The molecule has 0 nitrogen and oxygen atoms in total. The van der Waals surface area contributed by atoms with Gasteiger partial charge in [-0.15, -0.1) is 0 Å². The Morgan fingerprint density at radius 3 is 2.62 bits per heavy atom. The first kappa shape index (κ1) is 7.77. The van der Waals surface area contributed by atoms with Crippen molar-refractivity contribution in [1.82, 2.24) is 0 Å². The SMILES string of the molecule is CCC/C=C/C=C\Cl. The number of hydrogen-bond acceptors (Lipinski definition) is 0. The van der Waals surface area contributed by atoms with Crippen molar-refractivity contribution in [1.29, 1.82) is 0 Å². The fourth-order valence-electron chi connectivity index (χ4n) is 0.383. The van der Waals surface area contributed by atoms with Crippen LogP contribution in [0.2, 0.25) is 0 Å². The van der Waals surface area contributed by atoms with E-state index in [9.17, 15) is 0 Å². The van der Waals surface area contributed by atoms with Crippen LogP contribution in [0, 0.1) is 0 Å². The van der Waals surface area contributed by atoms with E-state index in [2.05, 4.69) is 13.0 Å². The zero-order valence-electron chi connectivity index (χ0n) is 5.10. The maximum atomic E-state index is 5.25. The third-order valence-corrected chi connectivity index (χ3v) is 0.921. The molecule has 0 aromatic heterocycles. The van der Waals surface area contributed by atoms with Gasteiger partial charge in [-0.2, -0.15) is 0 Å². The summed E-state index contributed by atoms with van der Waals surface area (Å²) in [6.45, 7) is 2.15. The first-order valence-electron chi connectivity index (χ1n) is 2.83. The Hall–Kier alpha value is -0.230. The molecule has 0 amide bonds.